The van der Waals surface area contributed by atoms with Crippen LogP contribution in [0.2, 0.25) is 0 Å². The second kappa shape index (κ2) is 9.30. The molecule has 0 amide bonds. The standard InChI is InChI=1S/C15H16O7/c16-12(15(20)22-11-5-2-1-3-6-11)7-4-10-21-14(19)9-8-13(17)18/h1-3,5-6,8-9,12,16H,4,7,10H2,(H,17,18)/b9-8+. The van der Waals surface area contributed by atoms with Crippen molar-refractivity contribution in [3.05, 3.63) is 42.5 Å². The molecule has 2 N–H and O–H groups in total. The van der Waals surface area contributed by atoms with E-state index in [-0.39, 0.29) is 19.4 Å². The van der Waals surface area contributed by atoms with Crippen molar-refractivity contribution in [2.75, 3.05) is 6.61 Å². The number of benzene rings is 1. The molecule has 0 fully saturated rings. The van der Waals surface area contributed by atoms with Gasteiger partial charge in [0.2, 0.25) is 0 Å². The zero-order valence-electron chi connectivity index (χ0n) is 11.7. The summed E-state index contributed by atoms with van der Waals surface area (Å²) in [5.41, 5.74) is 0. The number of aliphatic hydroxyl groups is 1. The lowest BCUT2D eigenvalue weighted by molar-refractivity contribution is -0.144. The number of carboxylic acids is 1. The number of aliphatic carboxylic acids is 1. The Balaban J connectivity index is 2.22. The van der Waals surface area contributed by atoms with Gasteiger partial charge in [-0.15, -0.1) is 0 Å². The van der Waals surface area contributed by atoms with Gasteiger partial charge in [-0.2, -0.15) is 0 Å². The number of carbonyl (C=O) groups excluding carboxylic acids is 2. The quantitative estimate of drug-likeness (QED) is 0.318. The van der Waals surface area contributed by atoms with Crippen LogP contribution in [0.1, 0.15) is 12.8 Å². The fourth-order valence-electron chi connectivity index (χ4n) is 1.43. The van der Waals surface area contributed by atoms with E-state index in [4.69, 9.17) is 9.84 Å². The zero-order valence-corrected chi connectivity index (χ0v) is 11.7. The number of rotatable bonds is 8. The third-order valence-corrected chi connectivity index (χ3v) is 2.46. The van der Waals surface area contributed by atoms with Gasteiger partial charge in [0, 0.05) is 12.2 Å². The average Bonchev–Trinajstić information content (AvgIpc) is 2.50. The monoisotopic (exact) mass is 308 g/mol. The highest BCUT2D eigenvalue weighted by Gasteiger charge is 2.17. The van der Waals surface area contributed by atoms with Gasteiger partial charge in [0.25, 0.3) is 0 Å². The molecule has 0 saturated heterocycles. The molecule has 22 heavy (non-hydrogen) atoms. The summed E-state index contributed by atoms with van der Waals surface area (Å²) in [6.45, 7) is -0.0432. The van der Waals surface area contributed by atoms with E-state index in [2.05, 4.69) is 4.74 Å². The largest absolute Gasteiger partial charge is 0.478 e. The number of esters is 2. The van der Waals surface area contributed by atoms with E-state index >= 15 is 0 Å². The van der Waals surface area contributed by atoms with Crippen LogP contribution >= 0.6 is 0 Å². The third-order valence-electron chi connectivity index (χ3n) is 2.46. The van der Waals surface area contributed by atoms with Gasteiger partial charge in [-0.1, -0.05) is 18.2 Å². The predicted octanol–water partition coefficient (Wildman–Crippen LogP) is 0.917. The minimum atomic E-state index is -1.33. The molecule has 0 aliphatic rings. The first-order valence-electron chi connectivity index (χ1n) is 6.51. The van der Waals surface area contributed by atoms with Crippen molar-refractivity contribution in [3.8, 4) is 5.75 Å². The number of hydrogen-bond acceptors (Lipinski definition) is 6. The Morgan fingerprint density at radius 3 is 2.45 bits per heavy atom. The van der Waals surface area contributed by atoms with Crippen LogP contribution in [0, 0.1) is 0 Å². The van der Waals surface area contributed by atoms with Gasteiger partial charge in [-0.25, -0.2) is 14.4 Å². The minimum Gasteiger partial charge on any atom is -0.478 e. The number of ether oxygens (including phenoxy) is 2. The second-order valence-electron chi connectivity index (χ2n) is 4.23. The van der Waals surface area contributed by atoms with E-state index in [1.165, 1.54) is 0 Å². The van der Waals surface area contributed by atoms with Crippen LogP contribution in [0.15, 0.2) is 42.5 Å². The Hall–Kier alpha value is -2.67. The maximum atomic E-state index is 11.6. The number of carboxylic acid groups (broad SMARTS) is 1. The molecule has 1 aromatic carbocycles. The highest BCUT2D eigenvalue weighted by atomic mass is 16.5. The average molecular weight is 308 g/mol. The summed E-state index contributed by atoms with van der Waals surface area (Å²) in [5.74, 6) is -2.51. The van der Waals surface area contributed by atoms with Crippen molar-refractivity contribution >= 4 is 17.9 Å². The summed E-state index contributed by atoms with van der Waals surface area (Å²) in [4.78, 5) is 32.8. The van der Waals surface area contributed by atoms with Crippen LogP contribution in [0.3, 0.4) is 0 Å². The summed E-state index contributed by atoms with van der Waals surface area (Å²) in [5, 5.41) is 17.9. The molecule has 0 spiro atoms. The van der Waals surface area contributed by atoms with Crippen molar-refractivity contribution in [1.82, 2.24) is 0 Å². The Bertz CT molecular complexity index is 536. The second-order valence-corrected chi connectivity index (χ2v) is 4.23. The molecule has 0 saturated carbocycles. The van der Waals surface area contributed by atoms with E-state index in [0.29, 0.717) is 11.8 Å². The van der Waals surface area contributed by atoms with E-state index in [9.17, 15) is 19.5 Å². The van der Waals surface area contributed by atoms with Crippen LogP contribution in [0.25, 0.3) is 0 Å². The SMILES string of the molecule is O=C(O)/C=C/C(=O)OCCCC(O)C(=O)Oc1ccccc1. The van der Waals surface area contributed by atoms with Gasteiger partial charge in [-0.05, 0) is 25.0 Å². The maximum Gasteiger partial charge on any atom is 0.340 e. The van der Waals surface area contributed by atoms with Crippen LogP contribution in [-0.4, -0.2) is 40.8 Å². The summed E-state index contributed by atoms with van der Waals surface area (Å²) in [6, 6.07) is 8.32. The third kappa shape index (κ3) is 7.20. The van der Waals surface area contributed by atoms with Crippen LogP contribution in [0.5, 0.6) is 5.75 Å². The molecular formula is C15H16O7. The Labute approximate surface area is 126 Å². The molecule has 7 nitrogen and oxygen atoms in total. The normalized spacial score (nSPS) is 11.9. The van der Waals surface area contributed by atoms with E-state index in [0.717, 1.165) is 6.08 Å². The maximum absolute atomic E-state index is 11.6. The fraction of sp³-hybridized carbons (Fsp3) is 0.267. The van der Waals surface area contributed by atoms with Crippen molar-refractivity contribution in [1.29, 1.82) is 0 Å². The van der Waals surface area contributed by atoms with Crippen molar-refractivity contribution in [3.63, 3.8) is 0 Å². The number of carbonyl (C=O) groups is 3. The fourth-order valence-corrected chi connectivity index (χ4v) is 1.43. The Kier molecular flexibility index (Phi) is 7.35. The van der Waals surface area contributed by atoms with Gasteiger partial charge in [0.05, 0.1) is 6.61 Å². The van der Waals surface area contributed by atoms with Crippen molar-refractivity contribution in [2.24, 2.45) is 0 Å². The molecule has 0 radical (unpaired) electrons. The molecule has 1 rings (SSSR count). The Morgan fingerprint density at radius 1 is 1.14 bits per heavy atom. The molecule has 7 heteroatoms. The molecule has 0 aromatic heterocycles. The topological polar surface area (TPSA) is 110 Å². The molecule has 0 aliphatic carbocycles. The molecular weight excluding hydrogens is 292 g/mol. The van der Waals surface area contributed by atoms with Gasteiger partial charge < -0.3 is 19.7 Å². The van der Waals surface area contributed by atoms with Crippen LogP contribution in [0.4, 0.5) is 0 Å². The first-order chi connectivity index (χ1) is 10.5. The summed E-state index contributed by atoms with van der Waals surface area (Å²) >= 11 is 0. The summed E-state index contributed by atoms with van der Waals surface area (Å²) in [6.07, 6.45) is 0.407. The van der Waals surface area contributed by atoms with E-state index in [1.54, 1.807) is 30.3 Å². The molecule has 1 unspecified atom stereocenters. The number of para-hydroxylation sites is 1. The lowest BCUT2D eigenvalue weighted by Gasteiger charge is -2.10. The number of aliphatic hydroxyl groups excluding tert-OH is 1. The smallest absolute Gasteiger partial charge is 0.340 e. The molecule has 0 heterocycles. The summed E-state index contributed by atoms with van der Waals surface area (Å²) in [7, 11) is 0. The highest BCUT2D eigenvalue weighted by molar-refractivity contribution is 5.90. The first-order valence-corrected chi connectivity index (χ1v) is 6.51. The lowest BCUT2D eigenvalue weighted by atomic mass is 10.2. The van der Waals surface area contributed by atoms with Gasteiger partial charge in [0.15, 0.2) is 6.10 Å². The van der Waals surface area contributed by atoms with Crippen molar-refractivity contribution < 1.29 is 34.1 Å². The number of hydrogen-bond donors (Lipinski definition) is 2. The van der Waals surface area contributed by atoms with Gasteiger partial charge >= 0.3 is 17.9 Å². The predicted molar refractivity (Wildman–Crippen MR) is 75.1 cm³/mol. The minimum absolute atomic E-state index is 0.0432. The summed E-state index contributed by atoms with van der Waals surface area (Å²) < 4.78 is 9.63. The lowest BCUT2D eigenvalue weighted by Crippen LogP contribution is -2.26. The molecule has 1 atom stereocenters. The van der Waals surface area contributed by atoms with Gasteiger partial charge in [0.1, 0.15) is 5.75 Å². The van der Waals surface area contributed by atoms with Crippen molar-refractivity contribution in [2.45, 2.75) is 18.9 Å². The van der Waals surface area contributed by atoms with E-state index < -0.39 is 24.0 Å². The Morgan fingerprint density at radius 2 is 1.82 bits per heavy atom. The van der Waals surface area contributed by atoms with Gasteiger partial charge in [-0.3, -0.25) is 0 Å². The highest BCUT2D eigenvalue weighted by Crippen LogP contribution is 2.10. The van der Waals surface area contributed by atoms with Crippen LogP contribution < -0.4 is 4.74 Å². The zero-order chi connectivity index (χ0) is 16.4. The molecule has 0 aliphatic heterocycles. The van der Waals surface area contributed by atoms with Crippen LogP contribution in [-0.2, 0) is 19.1 Å². The first kappa shape index (κ1) is 17.4. The van der Waals surface area contributed by atoms with E-state index in [1.807, 2.05) is 0 Å². The molecule has 1 aromatic rings. The molecule has 0 bridgehead atoms. The molecule has 118 valence electrons.